The van der Waals surface area contributed by atoms with Crippen molar-refractivity contribution in [2.75, 3.05) is 13.1 Å². The Kier molecular flexibility index (Phi) is 5.00. The summed E-state index contributed by atoms with van der Waals surface area (Å²) >= 11 is 0. The molecule has 1 fully saturated rings. The number of aromatic nitrogens is 5. The van der Waals surface area contributed by atoms with Gasteiger partial charge in [-0.2, -0.15) is 0 Å². The summed E-state index contributed by atoms with van der Waals surface area (Å²) in [7, 11) is 0. The van der Waals surface area contributed by atoms with Crippen molar-refractivity contribution in [2.24, 2.45) is 0 Å². The van der Waals surface area contributed by atoms with Crippen LogP contribution < -0.4 is 5.56 Å². The van der Waals surface area contributed by atoms with Crippen molar-refractivity contribution < 1.29 is 5.11 Å². The summed E-state index contributed by atoms with van der Waals surface area (Å²) in [6, 6.07) is 7.56. The standard InChI is InChI=1S/C21H28N6O2/c1-13-5-6-17-14(11-13)12-16(20(29)22-17)18(26-9-7-15(28)8-10-26)19-23-24-25-27(19)21(2,3)4/h5-6,11-12,15,18,28H,7-10H2,1-4H3,(H,22,29). The number of benzene rings is 1. The van der Waals surface area contributed by atoms with Gasteiger partial charge < -0.3 is 10.1 Å². The number of aromatic amines is 1. The molecule has 2 aromatic heterocycles. The first-order chi connectivity index (χ1) is 13.7. The van der Waals surface area contributed by atoms with Gasteiger partial charge in [-0.25, -0.2) is 4.68 Å². The number of hydrogen-bond donors (Lipinski definition) is 2. The van der Waals surface area contributed by atoms with Crippen LogP contribution in [-0.2, 0) is 5.54 Å². The predicted molar refractivity (Wildman–Crippen MR) is 111 cm³/mol. The first kappa shape index (κ1) is 19.7. The van der Waals surface area contributed by atoms with E-state index in [2.05, 4.69) is 31.5 Å². The molecule has 0 spiro atoms. The van der Waals surface area contributed by atoms with E-state index in [0.717, 1.165) is 16.5 Å². The molecule has 0 radical (unpaired) electrons. The summed E-state index contributed by atoms with van der Waals surface area (Å²) in [5.74, 6) is 0.645. The molecule has 8 heteroatoms. The number of nitrogens with one attached hydrogen (secondary N) is 1. The van der Waals surface area contributed by atoms with Crippen molar-refractivity contribution in [1.82, 2.24) is 30.1 Å². The minimum absolute atomic E-state index is 0.138. The van der Waals surface area contributed by atoms with Crippen molar-refractivity contribution in [3.63, 3.8) is 0 Å². The number of hydrogen-bond acceptors (Lipinski definition) is 6. The predicted octanol–water partition coefficient (Wildman–Crippen LogP) is 2.12. The van der Waals surface area contributed by atoms with Gasteiger partial charge in [-0.15, -0.1) is 5.10 Å². The molecule has 3 heterocycles. The van der Waals surface area contributed by atoms with Crippen LogP contribution in [0, 0.1) is 6.92 Å². The SMILES string of the molecule is Cc1ccc2[nH]c(=O)c(C(c3nnnn3C(C)(C)C)N3CCC(O)CC3)cc2c1. The monoisotopic (exact) mass is 396 g/mol. The fourth-order valence-electron chi connectivity index (χ4n) is 4.03. The number of nitrogens with zero attached hydrogens (tertiary/aromatic N) is 5. The van der Waals surface area contributed by atoms with Gasteiger partial charge in [-0.1, -0.05) is 11.6 Å². The van der Waals surface area contributed by atoms with Gasteiger partial charge >= 0.3 is 0 Å². The Bertz CT molecular complexity index is 1070. The number of aliphatic hydroxyl groups is 1. The van der Waals surface area contributed by atoms with E-state index in [0.29, 0.717) is 37.3 Å². The van der Waals surface area contributed by atoms with Crippen LogP contribution in [0.5, 0.6) is 0 Å². The third-order valence-corrected chi connectivity index (χ3v) is 5.56. The molecule has 3 aromatic rings. The number of tetrazole rings is 1. The second-order valence-corrected chi connectivity index (χ2v) is 8.93. The van der Waals surface area contributed by atoms with Gasteiger partial charge in [0, 0.05) is 24.2 Å². The van der Waals surface area contributed by atoms with E-state index in [9.17, 15) is 9.90 Å². The maximum absolute atomic E-state index is 13.1. The van der Waals surface area contributed by atoms with E-state index in [4.69, 9.17) is 0 Å². The highest BCUT2D eigenvalue weighted by Gasteiger charge is 2.34. The number of aliphatic hydroxyl groups excluding tert-OH is 1. The minimum atomic E-state index is -0.384. The van der Waals surface area contributed by atoms with E-state index in [1.807, 2.05) is 45.9 Å². The van der Waals surface area contributed by atoms with Gasteiger partial charge in [0.15, 0.2) is 5.82 Å². The van der Waals surface area contributed by atoms with E-state index >= 15 is 0 Å². The van der Waals surface area contributed by atoms with Gasteiger partial charge in [0.25, 0.3) is 5.56 Å². The molecule has 0 aliphatic carbocycles. The van der Waals surface area contributed by atoms with E-state index < -0.39 is 0 Å². The van der Waals surface area contributed by atoms with Crippen LogP contribution in [0.1, 0.15) is 56.6 Å². The maximum atomic E-state index is 13.1. The van der Waals surface area contributed by atoms with Crippen molar-refractivity contribution in [1.29, 1.82) is 0 Å². The first-order valence-electron chi connectivity index (χ1n) is 10.1. The fraction of sp³-hybridized carbons (Fsp3) is 0.524. The largest absolute Gasteiger partial charge is 0.393 e. The average molecular weight is 396 g/mol. The lowest BCUT2D eigenvalue weighted by molar-refractivity contribution is 0.0647. The molecule has 1 saturated heterocycles. The van der Waals surface area contributed by atoms with Crippen LogP contribution in [-0.4, -0.2) is 54.4 Å². The number of likely N-dealkylation sites (tertiary alicyclic amines) is 1. The Morgan fingerprint density at radius 3 is 2.62 bits per heavy atom. The van der Waals surface area contributed by atoms with Gasteiger partial charge in [-0.05, 0) is 74.5 Å². The molecular weight excluding hydrogens is 368 g/mol. The van der Waals surface area contributed by atoms with Crippen molar-refractivity contribution >= 4 is 10.9 Å². The molecule has 154 valence electrons. The highest BCUT2D eigenvalue weighted by Crippen LogP contribution is 2.31. The number of pyridine rings is 1. The summed E-state index contributed by atoms with van der Waals surface area (Å²) in [6.07, 6.45) is 1.03. The topological polar surface area (TPSA) is 99.9 Å². The van der Waals surface area contributed by atoms with Crippen LogP contribution in [0.15, 0.2) is 29.1 Å². The Balaban J connectivity index is 1.89. The molecule has 0 bridgehead atoms. The molecule has 2 N–H and O–H groups in total. The Morgan fingerprint density at radius 1 is 1.21 bits per heavy atom. The number of fused-ring (bicyclic) bond motifs is 1. The lowest BCUT2D eigenvalue weighted by Gasteiger charge is -2.36. The van der Waals surface area contributed by atoms with Gasteiger partial charge in [-0.3, -0.25) is 9.69 Å². The maximum Gasteiger partial charge on any atom is 0.253 e. The molecule has 1 unspecified atom stereocenters. The Labute approximate surface area is 169 Å². The zero-order valence-corrected chi connectivity index (χ0v) is 17.4. The fourth-order valence-corrected chi connectivity index (χ4v) is 4.03. The number of piperidine rings is 1. The first-order valence-corrected chi connectivity index (χ1v) is 10.1. The van der Waals surface area contributed by atoms with E-state index in [1.165, 1.54) is 0 Å². The van der Waals surface area contributed by atoms with E-state index in [-0.39, 0.29) is 23.2 Å². The molecule has 1 aliphatic rings. The molecule has 1 aromatic carbocycles. The molecular formula is C21H28N6O2. The second-order valence-electron chi connectivity index (χ2n) is 8.93. The van der Waals surface area contributed by atoms with Crippen LogP contribution in [0.3, 0.4) is 0 Å². The smallest absolute Gasteiger partial charge is 0.253 e. The van der Waals surface area contributed by atoms with E-state index in [1.54, 1.807) is 4.68 Å². The van der Waals surface area contributed by atoms with Crippen LogP contribution in [0.25, 0.3) is 10.9 Å². The quantitative estimate of drug-likeness (QED) is 0.703. The van der Waals surface area contributed by atoms with Crippen LogP contribution >= 0.6 is 0 Å². The lowest BCUT2D eigenvalue weighted by atomic mass is 9.98. The molecule has 0 saturated carbocycles. The number of aryl methyl sites for hydroxylation is 1. The summed E-state index contributed by atoms with van der Waals surface area (Å²) in [4.78, 5) is 18.3. The van der Waals surface area contributed by atoms with Gasteiger partial charge in [0.1, 0.15) is 6.04 Å². The molecule has 0 amide bonds. The van der Waals surface area contributed by atoms with Crippen molar-refractivity contribution in [3.05, 3.63) is 51.6 Å². The molecule has 29 heavy (non-hydrogen) atoms. The average Bonchev–Trinajstić information content (AvgIpc) is 3.14. The summed E-state index contributed by atoms with van der Waals surface area (Å²) in [6.45, 7) is 9.50. The minimum Gasteiger partial charge on any atom is -0.393 e. The highest BCUT2D eigenvalue weighted by atomic mass is 16.3. The Hall–Kier alpha value is -2.58. The van der Waals surface area contributed by atoms with Crippen molar-refractivity contribution in [2.45, 2.75) is 58.2 Å². The molecule has 1 atom stereocenters. The van der Waals surface area contributed by atoms with Crippen LogP contribution in [0.4, 0.5) is 0 Å². The summed E-state index contributed by atoms with van der Waals surface area (Å²) in [5, 5.41) is 23.4. The lowest BCUT2D eigenvalue weighted by Crippen LogP contribution is -2.42. The Morgan fingerprint density at radius 2 is 1.93 bits per heavy atom. The van der Waals surface area contributed by atoms with Gasteiger partial charge in [0.2, 0.25) is 0 Å². The van der Waals surface area contributed by atoms with Gasteiger partial charge in [0.05, 0.1) is 11.6 Å². The molecule has 8 nitrogen and oxygen atoms in total. The second kappa shape index (κ2) is 7.35. The molecule has 4 rings (SSSR count). The van der Waals surface area contributed by atoms with Crippen molar-refractivity contribution in [3.8, 4) is 0 Å². The highest BCUT2D eigenvalue weighted by molar-refractivity contribution is 5.79. The summed E-state index contributed by atoms with van der Waals surface area (Å²) < 4.78 is 1.79. The zero-order chi connectivity index (χ0) is 20.8. The van der Waals surface area contributed by atoms with Crippen LogP contribution in [0.2, 0.25) is 0 Å². The third kappa shape index (κ3) is 3.82. The normalized spacial score (nSPS) is 17.7. The third-order valence-electron chi connectivity index (χ3n) is 5.56. The molecule has 1 aliphatic heterocycles. The number of rotatable bonds is 3. The zero-order valence-electron chi connectivity index (χ0n) is 17.4. The summed E-state index contributed by atoms with van der Waals surface area (Å²) in [5.41, 5.74) is 2.10. The number of H-pyrrole nitrogens is 1.